The molecule has 0 aliphatic heterocycles. The van der Waals surface area contributed by atoms with Crippen LogP contribution in [-0.4, -0.2) is 18.2 Å². The number of furan rings is 1. The van der Waals surface area contributed by atoms with E-state index in [1.54, 1.807) is 13.2 Å². The summed E-state index contributed by atoms with van der Waals surface area (Å²) in [5.41, 5.74) is 1.81. The summed E-state index contributed by atoms with van der Waals surface area (Å²) >= 11 is 0. The summed E-state index contributed by atoms with van der Waals surface area (Å²) in [5, 5.41) is 8.80. The molecule has 88 valence electrons. The van der Waals surface area contributed by atoms with Crippen LogP contribution in [0.3, 0.4) is 0 Å². The molecule has 0 atom stereocenters. The van der Waals surface area contributed by atoms with Crippen molar-refractivity contribution in [3.05, 3.63) is 47.7 Å². The maximum Gasteiger partial charge on any atom is 0.371 e. The number of hydrogen-bond acceptors (Lipinski definition) is 3. The van der Waals surface area contributed by atoms with E-state index in [4.69, 9.17) is 14.3 Å². The molecular weight excluding hydrogens is 220 g/mol. The van der Waals surface area contributed by atoms with E-state index in [-0.39, 0.29) is 5.76 Å². The third-order valence-corrected chi connectivity index (χ3v) is 2.40. The topological polar surface area (TPSA) is 59.7 Å². The Morgan fingerprint density at radius 3 is 2.71 bits per heavy atom. The van der Waals surface area contributed by atoms with Crippen molar-refractivity contribution >= 4 is 5.97 Å². The van der Waals surface area contributed by atoms with Crippen LogP contribution in [0.25, 0.3) is 11.3 Å². The molecule has 4 nitrogen and oxygen atoms in total. The lowest BCUT2D eigenvalue weighted by Gasteiger charge is -2.05. The number of benzene rings is 1. The van der Waals surface area contributed by atoms with Crippen molar-refractivity contribution in [2.45, 2.75) is 6.61 Å². The van der Waals surface area contributed by atoms with Gasteiger partial charge in [0.15, 0.2) is 0 Å². The van der Waals surface area contributed by atoms with E-state index >= 15 is 0 Å². The van der Waals surface area contributed by atoms with Crippen LogP contribution in [0.1, 0.15) is 16.1 Å². The van der Waals surface area contributed by atoms with Crippen molar-refractivity contribution in [2.75, 3.05) is 7.11 Å². The summed E-state index contributed by atoms with van der Waals surface area (Å²) in [5.74, 6) is -0.595. The van der Waals surface area contributed by atoms with Gasteiger partial charge in [-0.1, -0.05) is 24.3 Å². The van der Waals surface area contributed by atoms with Gasteiger partial charge in [0.25, 0.3) is 0 Å². The van der Waals surface area contributed by atoms with E-state index in [9.17, 15) is 4.79 Å². The van der Waals surface area contributed by atoms with Crippen molar-refractivity contribution in [2.24, 2.45) is 0 Å². The first-order chi connectivity index (χ1) is 8.22. The molecule has 0 aliphatic rings. The monoisotopic (exact) mass is 232 g/mol. The van der Waals surface area contributed by atoms with Crippen molar-refractivity contribution in [1.82, 2.24) is 0 Å². The zero-order valence-corrected chi connectivity index (χ0v) is 9.34. The summed E-state index contributed by atoms with van der Waals surface area (Å²) < 4.78 is 10.3. The van der Waals surface area contributed by atoms with E-state index < -0.39 is 5.97 Å². The minimum Gasteiger partial charge on any atom is -0.475 e. The molecule has 2 aromatic rings. The van der Waals surface area contributed by atoms with Gasteiger partial charge in [-0.3, -0.25) is 0 Å². The van der Waals surface area contributed by atoms with E-state index in [2.05, 4.69) is 0 Å². The Morgan fingerprint density at radius 1 is 1.29 bits per heavy atom. The van der Waals surface area contributed by atoms with Crippen molar-refractivity contribution in [3.63, 3.8) is 0 Å². The van der Waals surface area contributed by atoms with Gasteiger partial charge in [0.2, 0.25) is 5.76 Å². The number of carboxylic acid groups (broad SMARTS) is 1. The zero-order valence-electron chi connectivity index (χ0n) is 9.34. The maximum atomic E-state index is 10.7. The number of methoxy groups -OCH3 is 1. The normalized spacial score (nSPS) is 10.4. The summed E-state index contributed by atoms with van der Waals surface area (Å²) in [7, 11) is 1.61. The third kappa shape index (κ3) is 2.37. The van der Waals surface area contributed by atoms with Crippen LogP contribution in [0.2, 0.25) is 0 Å². The van der Waals surface area contributed by atoms with Crippen LogP contribution in [-0.2, 0) is 11.3 Å². The van der Waals surface area contributed by atoms with Crippen molar-refractivity contribution < 1.29 is 19.1 Å². The Morgan fingerprint density at radius 2 is 2.06 bits per heavy atom. The van der Waals surface area contributed by atoms with E-state index in [0.717, 1.165) is 11.1 Å². The highest BCUT2D eigenvalue weighted by Crippen LogP contribution is 2.26. The number of hydrogen-bond donors (Lipinski definition) is 1. The van der Waals surface area contributed by atoms with Gasteiger partial charge in [-0.25, -0.2) is 4.79 Å². The summed E-state index contributed by atoms with van der Waals surface area (Å²) in [6, 6.07) is 10.7. The number of rotatable bonds is 4. The number of carboxylic acids is 1. The van der Waals surface area contributed by atoms with Crippen LogP contribution in [0.4, 0.5) is 0 Å². The molecule has 0 saturated heterocycles. The van der Waals surface area contributed by atoms with E-state index in [1.165, 1.54) is 6.07 Å². The third-order valence-electron chi connectivity index (χ3n) is 2.40. The Labute approximate surface area is 98.4 Å². The molecule has 2 rings (SSSR count). The quantitative estimate of drug-likeness (QED) is 0.880. The lowest BCUT2D eigenvalue weighted by Crippen LogP contribution is -1.92. The maximum absolute atomic E-state index is 10.7. The molecule has 4 heteroatoms. The van der Waals surface area contributed by atoms with Gasteiger partial charge in [-0.05, 0) is 17.7 Å². The molecule has 0 unspecified atom stereocenters. The van der Waals surface area contributed by atoms with Crippen LogP contribution in [0.15, 0.2) is 40.8 Å². The largest absolute Gasteiger partial charge is 0.475 e. The van der Waals surface area contributed by atoms with Crippen LogP contribution < -0.4 is 0 Å². The highest BCUT2D eigenvalue weighted by molar-refractivity contribution is 5.85. The van der Waals surface area contributed by atoms with Gasteiger partial charge in [-0.15, -0.1) is 0 Å². The van der Waals surface area contributed by atoms with Gasteiger partial charge in [0.05, 0.1) is 6.61 Å². The van der Waals surface area contributed by atoms with Gasteiger partial charge in [-0.2, -0.15) is 0 Å². The Kier molecular flexibility index (Phi) is 3.25. The minimum atomic E-state index is -1.07. The molecule has 17 heavy (non-hydrogen) atoms. The molecule has 0 amide bonds. The first-order valence-electron chi connectivity index (χ1n) is 5.12. The predicted molar refractivity (Wildman–Crippen MR) is 61.8 cm³/mol. The Balaban J connectivity index is 2.41. The average molecular weight is 232 g/mol. The lowest BCUT2D eigenvalue weighted by atomic mass is 10.1. The first-order valence-corrected chi connectivity index (χ1v) is 5.12. The van der Waals surface area contributed by atoms with Gasteiger partial charge in [0.1, 0.15) is 5.76 Å². The molecule has 0 aliphatic carbocycles. The highest BCUT2D eigenvalue weighted by Gasteiger charge is 2.12. The highest BCUT2D eigenvalue weighted by atomic mass is 16.5. The smallest absolute Gasteiger partial charge is 0.371 e. The Bertz CT molecular complexity index is 528. The fourth-order valence-corrected chi connectivity index (χ4v) is 1.64. The van der Waals surface area contributed by atoms with Crippen LogP contribution in [0, 0.1) is 0 Å². The second-order valence-corrected chi connectivity index (χ2v) is 3.56. The first kappa shape index (κ1) is 11.4. The second kappa shape index (κ2) is 4.84. The summed E-state index contributed by atoms with van der Waals surface area (Å²) in [6.07, 6.45) is 0. The van der Waals surface area contributed by atoms with Gasteiger partial charge < -0.3 is 14.3 Å². The second-order valence-electron chi connectivity index (χ2n) is 3.56. The fourth-order valence-electron chi connectivity index (χ4n) is 1.64. The molecule has 0 fully saturated rings. The predicted octanol–water partition coefficient (Wildman–Crippen LogP) is 2.79. The van der Waals surface area contributed by atoms with E-state index in [0.29, 0.717) is 12.4 Å². The zero-order chi connectivity index (χ0) is 12.3. The summed E-state index contributed by atoms with van der Waals surface area (Å²) in [6.45, 7) is 0.458. The van der Waals surface area contributed by atoms with Crippen molar-refractivity contribution in [3.8, 4) is 11.3 Å². The number of ether oxygens (including phenoxy) is 1. The molecule has 1 heterocycles. The van der Waals surface area contributed by atoms with Gasteiger partial charge >= 0.3 is 5.97 Å². The Hall–Kier alpha value is -2.07. The molecule has 0 spiro atoms. The molecular formula is C13H12O4. The minimum absolute atomic E-state index is 0.0628. The average Bonchev–Trinajstić information content (AvgIpc) is 2.79. The fraction of sp³-hybridized carbons (Fsp3) is 0.154. The van der Waals surface area contributed by atoms with Crippen molar-refractivity contribution in [1.29, 1.82) is 0 Å². The van der Waals surface area contributed by atoms with Crippen LogP contribution >= 0.6 is 0 Å². The number of carbonyl (C=O) groups is 1. The lowest BCUT2D eigenvalue weighted by molar-refractivity contribution is 0.0663. The summed E-state index contributed by atoms with van der Waals surface area (Å²) in [4.78, 5) is 10.7. The molecule has 0 bridgehead atoms. The van der Waals surface area contributed by atoms with Crippen LogP contribution in [0.5, 0.6) is 0 Å². The molecule has 1 N–H and O–H groups in total. The SMILES string of the molecule is COCc1ccccc1-c1ccc(C(=O)O)o1. The molecule has 0 saturated carbocycles. The van der Waals surface area contributed by atoms with Gasteiger partial charge in [0, 0.05) is 12.7 Å². The number of aromatic carboxylic acids is 1. The van der Waals surface area contributed by atoms with E-state index in [1.807, 2.05) is 24.3 Å². The molecule has 1 aromatic heterocycles. The standard InChI is InChI=1S/C13H12O4/c1-16-8-9-4-2-3-5-10(9)11-6-7-12(17-11)13(14)15/h2-7H,8H2,1H3,(H,14,15). The molecule has 0 radical (unpaired) electrons. The molecule has 1 aromatic carbocycles.